The maximum Gasteiger partial charge on any atom is 0.336 e. The van der Waals surface area contributed by atoms with Gasteiger partial charge in [-0.25, -0.2) is 4.79 Å². The van der Waals surface area contributed by atoms with E-state index >= 15 is 0 Å². The van der Waals surface area contributed by atoms with Crippen molar-refractivity contribution >= 4 is 34.4 Å². The fourth-order valence-electron chi connectivity index (χ4n) is 7.41. The number of aromatic nitrogens is 1. The summed E-state index contributed by atoms with van der Waals surface area (Å²) >= 11 is 1.92. The predicted octanol–water partition coefficient (Wildman–Crippen LogP) is 9.89. The molecule has 9 heteroatoms. The first kappa shape index (κ1) is 38.6. The van der Waals surface area contributed by atoms with Gasteiger partial charge in [-0.05, 0) is 123 Å². The van der Waals surface area contributed by atoms with Crippen LogP contribution >= 0.6 is 11.8 Å². The molecule has 6 rings (SSSR count). The molecule has 280 valence electrons. The van der Waals surface area contributed by atoms with Crippen molar-refractivity contribution in [3.05, 3.63) is 132 Å². The van der Waals surface area contributed by atoms with Crippen molar-refractivity contribution < 1.29 is 19.4 Å². The summed E-state index contributed by atoms with van der Waals surface area (Å²) in [7, 11) is 0. The summed E-state index contributed by atoms with van der Waals surface area (Å²) in [6, 6.07) is 17.5. The highest BCUT2D eigenvalue weighted by Crippen LogP contribution is 2.47. The maximum absolute atomic E-state index is 13.1. The second-order valence-corrected chi connectivity index (χ2v) is 15.7. The molecule has 0 fully saturated rings. The summed E-state index contributed by atoms with van der Waals surface area (Å²) in [5, 5.41) is 26.7. The van der Waals surface area contributed by atoms with Crippen LogP contribution in [-0.4, -0.2) is 44.1 Å². The zero-order valence-electron chi connectivity index (χ0n) is 32.4. The van der Waals surface area contributed by atoms with Crippen LogP contribution in [0.2, 0.25) is 0 Å². The van der Waals surface area contributed by atoms with E-state index in [9.17, 15) is 19.8 Å². The Morgan fingerprint density at radius 3 is 2.35 bits per heavy atom. The second-order valence-electron chi connectivity index (χ2n) is 14.3. The van der Waals surface area contributed by atoms with Gasteiger partial charge in [0.25, 0.3) is 0 Å². The number of pyridine rings is 1. The molecule has 2 aliphatic rings. The first-order valence-electron chi connectivity index (χ1n) is 18.4. The van der Waals surface area contributed by atoms with Crippen LogP contribution in [0.25, 0.3) is 33.4 Å². The monoisotopic (exact) mass is 743 g/mol. The lowest BCUT2D eigenvalue weighted by molar-refractivity contribution is 0.0696. The summed E-state index contributed by atoms with van der Waals surface area (Å²) < 4.78 is 6.59. The predicted molar refractivity (Wildman–Crippen MR) is 221 cm³/mol. The Balaban J connectivity index is 1.51. The minimum absolute atomic E-state index is 0.0759. The van der Waals surface area contributed by atoms with Gasteiger partial charge in [0, 0.05) is 72.0 Å². The topological polar surface area (TPSA) is 116 Å². The minimum atomic E-state index is -1.03. The number of nitrogens with zero attached hydrogens (tertiary/aromatic N) is 2. The van der Waals surface area contributed by atoms with Crippen LogP contribution in [-0.2, 0) is 19.6 Å². The molecule has 0 atom stereocenters. The summed E-state index contributed by atoms with van der Waals surface area (Å²) in [5.74, 6) is 1.44. The third kappa shape index (κ3) is 7.61. The first-order chi connectivity index (χ1) is 25.8. The van der Waals surface area contributed by atoms with E-state index < -0.39 is 5.97 Å². The van der Waals surface area contributed by atoms with Crippen LogP contribution in [0, 0.1) is 48.5 Å². The van der Waals surface area contributed by atoms with Gasteiger partial charge in [0.05, 0.1) is 16.8 Å². The standard InChI is InChI=1S/C45H49N3O5S/c1-9-54-17-16-48(24-33-12-10-11-15-46-33)23-32-18-25(2)13-14-37(32)47-22-36-43(50)27(4)20-35-42(34-19-26(3)38(49)21-39(34)53-44(35)36)40-30(7)28(5)29(6)31(8)41(40)45(51)52/h10-15,18-21,47,50H,9,16-17,22-24H2,1-8H3,(H,51,52). The number of aromatic hydroxyl groups is 1. The number of benzene rings is 4. The number of hydrogen-bond acceptors (Lipinski definition) is 8. The van der Waals surface area contributed by atoms with Crippen molar-refractivity contribution in [3.63, 3.8) is 0 Å². The first-order valence-corrected chi connectivity index (χ1v) is 19.6. The highest BCUT2D eigenvalue weighted by Gasteiger charge is 2.29. The SMILES string of the molecule is CCSCCN(Cc1ccccn1)Cc1cc(C)ccc1NCc1c(O)c(C)cc2c(-c3c(C)c(C)c(C)c(C)c3C(=O)O)c3cc(C)c(=O)cc-3oc12. The molecule has 1 aliphatic carbocycles. The quantitative estimate of drug-likeness (QED) is 0.0785. The number of thioether (sulfide) groups is 1. The average molecular weight is 744 g/mol. The van der Waals surface area contributed by atoms with Gasteiger partial charge >= 0.3 is 5.97 Å². The van der Waals surface area contributed by atoms with Crippen molar-refractivity contribution in [3.8, 4) is 28.2 Å². The number of phenols is 1. The smallest absolute Gasteiger partial charge is 0.336 e. The van der Waals surface area contributed by atoms with Crippen molar-refractivity contribution in [2.24, 2.45) is 0 Å². The normalized spacial score (nSPS) is 11.6. The van der Waals surface area contributed by atoms with Crippen molar-refractivity contribution in [2.45, 2.75) is 75.0 Å². The van der Waals surface area contributed by atoms with Gasteiger partial charge < -0.3 is 19.9 Å². The van der Waals surface area contributed by atoms with E-state index in [4.69, 9.17) is 4.42 Å². The average Bonchev–Trinajstić information content (AvgIpc) is 3.13. The number of anilines is 1. The second kappa shape index (κ2) is 16.1. The van der Waals surface area contributed by atoms with Crippen LogP contribution in [0.1, 0.15) is 73.0 Å². The number of aromatic carboxylic acids is 1. The lowest BCUT2D eigenvalue weighted by Crippen LogP contribution is -2.26. The van der Waals surface area contributed by atoms with Gasteiger partial charge in [0.1, 0.15) is 17.1 Å². The highest BCUT2D eigenvalue weighted by atomic mass is 32.2. The molecule has 0 saturated carbocycles. The van der Waals surface area contributed by atoms with Gasteiger partial charge in [0.2, 0.25) is 0 Å². The van der Waals surface area contributed by atoms with E-state index in [1.165, 1.54) is 6.07 Å². The number of carbonyl (C=O) groups is 1. The molecule has 0 saturated heterocycles. The number of fused-ring (bicyclic) bond motifs is 2. The fraction of sp³-hybridized carbons (Fsp3) is 0.311. The van der Waals surface area contributed by atoms with Gasteiger partial charge in [-0.3, -0.25) is 14.7 Å². The van der Waals surface area contributed by atoms with E-state index in [-0.39, 0.29) is 23.3 Å². The summed E-state index contributed by atoms with van der Waals surface area (Å²) in [6.45, 7) is 18.1. The van der Waals surface area contributed by atoms with Crippen LogP contribution in [0.15, 0.2) is 70.0 Å². The number of nitrogens with one attached hydrogen (secondary N) is 1. The van der Waals surface area contributed by atoms with E-state index in [0.717, 1.165) is 57.2 Å². The van der Waals surface area contributed by atoms with Gasteiger partial charge in [-0.15, -0.1) is 0 Å². The van der Waals surface area contributed by atoms with E-state index in [1.807, 2.05) is 70.8 Å². The van der Waals surface area contributed by atoms with Crippen LogP contribution in [0.5, 0.6) is 5.75 Å². The Hall–Kier alpha value is -5.12. The van der Waals surface area contributed by atoms with Gasteiger partial charge in [0.15, 0.2) is 5.43 Å². The van der Waals surface area contributed by atoms with E-state index in [2.05, 4.69) is 53.3 Å². The van der Waals surface area contributed by atoms with Crippen LogP contribution in [0.4, 0.5) is 5.69 Å². The third-order valence-electron chi connectivity index (χ3n) is 10.7. The van der Waals surface area contributed by atoms with Crippen molar-refractivity contribution in [1.82, 2.24) is 9.88 Å². The van der Waals surface area contributed by atoms with Crippen molar-refractivity contribution in [2.75, 3.05) is 23.4 Å². The number of aryl methyl sites for hydroxylation is 3. The molecule has 0 bridgehead atoms. The lowest BCUT2D eigenvalue weighted by Gasteiger charge is -2.25. The third-order valence-corrected chi connectivity index (χ3v) is 11.6. The number of carboxylic acid groups (broad SMARTS) is 1. The Labute approximate surface area is 321 Å². The Morgan fingerprint density at radius 1 is 0.889 bits per heavy atom. The molecule has 8 nitrogen and oxygen atoms in total. The summed E-state index contributed by atoms with van der Waals surface area (Å²) in [4.78, 5) is 33.1. The Morgan fingerprint density at radius 2 is 1.65 bits per heavy atom. The molecule has 3 aromatic carbocycles. The minimum Gasteiger partial charge on any atom is -0.507 e. The number of carboxylic acids is 1. The molecule has 0 spiro atoms. The van der Waals surface area contributed by atoms with Crippen LogP contribution in [0.3, 0.4) is 0 Å². The number of phenolic OH excluding ortho intramolecular Hbond substituents is 1. The molecule has 1 aliphatic heterocycles. The molecule has 0 amide bonds. The summed E-state index contributed by atoms with van der Waals surface area (Å²) in [6.07, 6.45) is 1.83. The highest BCUT2D eigenvalue weighted by molar-refractivity contribution is 7.99. The van der Waals surface area contributed by atoms with Crippen molar-refractivity contribution in [1.29, 1.82) is 0 Å². The zero-order chi connectivity index (χ0) is 38.8. The molecular formula is C45H49N3O5S. The fourth-order valence-corrected chi connectivity index (χ4v) is 8.09. The van der Waals surface area contributed by atoms with Crippen LogP contribution < -0.4 is 10.7 Å². The maximum atomic E-state index is 13.1. The zero-order valence-corrected chi connectivity index (χ0v) is 33.3. The number of rotatable bonds is 13. The molecule has 0 radical (unpaired) electrons. The lowest BCUT2D eigenvalue weighted by atomic mass is 9.81. The Kier molecular flexibility index (Phi) is 11.5. The Bertz CT molecular complexity index is 2400. The molecule has 0 unspecified atom stereocenters. The molecule has 2 heterocycles. The van der Waals surface area contributed by atoms with Gasteiger partial charge in [-0.2, -0.15) is 11.8 Å². The molecule has 4 aromatic rings. The largest absolute Gasteiger partial charge is 0.507 e. The molecule has 1 aromatic heterocycles. The number of hydrogen-bond donors (Lipinski definition) is 3. The molecular weight excluding hydrogens is 695 g/mol. The van der Waals surface area contributed by atoms with E-state index in [1.54, 1.807) is 13.0 Å². The molecule has 3 N–H and O–H groups in total. The summed E-state index contributed by atoms with van der Waals surface area (Å²) in [5.41, 5.74) is 11.7. The van der Waals surface area contributed by atoms with Gasteiger partial charge in [-0.1, -0.05) is 30.7 Å². The molecule has 54 heavy (non-hydrogen) atoms. The van der Waals surface area contributed by atoms with E-state index in [0.29, 0.717) is 68.8 Å².